The molecule has 0 bridgehead atoms. The summed E-state index contributed by atoms with van der Waals surface area (Å²) in [4.78, 5) is 0. The van der Waals surface area contributed by atoms with E-state index < -0.39 is 0 Å². The largest absolute Gasteiger partial charge is 0.207 e. The molecule has 1 aliphatic carbocycles. The highest BCUT2D eigenvalue weighted by Crippen LogP contribution is 2.24. The fraction of sp³-hybridized carbons (Fsp3) is 0.333. The van der Waals surface area contributed by atoms with E-state index in [0.717, 1.165) is 31.3 Å². The second kappa shape index (κ2) is 6.26. The minimum Gasteiger partial charge on any atom is -0.207 e. The highest BCUT2D eigenvalue weighted by molar-refractivity contribution is 5.35. The maximum absolute atomic E-state index is 12.9. The molecule has 0 amide bonds. The van der Waals surface area contributed by atoms with E-state index >= 15 is 0 Å². The molecule has 1 rings (SSSR count). The summed E-state index contributed by atoms with van der Waals surface area (Å²) in [6.45, 7) is 9.40. The zero-order valence-electron chi connectivity index (χ0n) is 9.93. The van der Waals surface area contributed by atoms with Crippen LogP contribution in [0.5, 0.6) is 0 Å². The van der Waals surface area contributed by atoms with E-state index in [9.17, 15) is 4.39 Å². The van der Waals surface area contributed by atoms with Crippen LogP contribution in [0.1, 0.15) is 32.6 Å². The second-order valence-corrected chi connectivity index (χ2v) is 4.04. The van der Waals surface area contributed by atoms with Crippen molar-refractivity contribution in [3.63, 3.8) is 0 Å². The van der Waals surface area contributed by atoms with E-state index in [4.69, 9.17) is 0 Å². The summed E-state index contributed by atoms with van der Waals surface area (Å²) in [5.41, 5.74) is 3.51. The van der Waals surface area contributed by atoms with Gasteiger partial charge in [-0.3, -0.25) is 0 Å². The first-order valence-corrected chi connectivity index (χ1v) is 5.71. The van der Waals surface area contributed by atoms with Crippen LogP contribution in [0.15, 0.2) is 60.0 Å². The lowest BCUT2D eigenvalue weighted by molar-refractivity contribution is 0.666. The predicted molar refractivity (Wildman–Crippen MR) is 68.8 cm³/mol. The van der Waals surface area contributed by atoms with Crippen LogP contribution < -0.4 is 0 Å². The van der Waals surface area contributed by atoms with E-state index in [0.29, 0.717) is 0 Å². The van der Waals surface area contributed by atoms with Gasteiger partial charge in [-0.05, 0) is 49.0 Å². The van der Waals surface area contributed by atoms with Crippen molar-refractivity contribution >= 4 is 0 Å². The van der Waals surface area contributed by atoms with Gasteiger partial charge in [-0.25, -0.2) is 4.39 Å². The zero-order valence-corrected chi connectivity index (χ0v) is 9.93. The van der Waals surface area contributed by atoms with Crippen LogP contribution in [0.4, 0.5) is 4.39 Å². The van der Waals surface area contributed by atoms with Gasteiger partial charge in [-0.2, -0.15) is 0 Å². The molecule has 0 aromatic rings. The molecule has 0 atom stereocenters. The van der Waals surface area contributed by atoms with Crippen LogP contribution >= 0.6 is 0 Å². The van der Waals surface area contributed by atoms with Gasteiger partial charge in [0.15, 0.2) is 0 Å². The first-order chi connectivity index (χ1) is 7.65. The summed E-state index contributed by atoms with van der Waals surface area (Å²) < 4.78 is 12.9. The molecule has 1 heteroatoms. The van der Waals surface area contributed by atoms with Crippen molar-refractivity contribution in [1.82, 2.24) is 0 Å². The Morgan fingerprint density at radius 1 is 1.56 bits per heavy atom. The lowest BCUT2D eigenvalue weighted by atomic mass is 9.94. The summed E-state index contributed by atoms with van der Waals surface area (Å²) in [5.74, 6) is -0.318. The summed E-state index contributed by atoms with van der Waals surface area (Å²) in [6, 6.07) is 0. The molecule has 0 aromatic heterocycles. The summed E-state index contributed by atoms with van der Waals surface area (Å²) in [5, 5.41) is 0. The summed E-state index contributed by atoms with van der Waals surface area (Å²) in [7, 11) is 0. The maximum Gasteiger partial charge on any atom is 0.122 e. The molecule has 0 nitrogen and oxygen atoms in total. The number of allylic oxidation sites excluding steroid dienone is 8. The van der Waals surface area contributed by atoms with E-state index in [2.05, 4.69) is 32.2 Å². The normalized spacial score (nSPS) is 16.5. The van der Waals surface area contributed by atoms with Crippen LogP contribution in [-0.4, -0.2) is 0 Å². The first-order valence-electron chi connectivity index (χ1n) is 5.71. The fourth-order valence-corrected chi connectivity index (χ4v) is 1.81. The number of hydrogen-bond donors (Lipinski definition) is 0. The van der Waals surface area contributed by atoms with Gasteiger partial charge < -0.3 is 0 Å². The Hall–Kier alpha value is -1.37. The van der Waals surface area contributed by atoms with E-state index in [1.54, 1.807) is 0 Å². The van der Waals surface area contributed by atoms with E-state index in [1.165, 1.54) is 23.3 Å². The molecule has 0 saturated carbocycles. The van der Waals surface area contributed by atoms with Gasteiger partial charge in [0.05, 0.1) is 0 Å². The van der Waals surface area contributed by atoms with Gasteiger partial charge in [0.25, 0.3) is 0 Å². The van der Waals surface area contributed by atoms with Crippen molar-refractivity contribution in [3.8, 4) is 0 Å². The molecule has 0 heterocycles. The average Bonchev–Trinajstić information content (AvgIpc) is 2.28. The van der Waals surface area contributed by atoms with Crippen molar-refractivity contribution in [2.45, 2.75) is 32.6 Å². The molecular formula is C15H19F. The monoisotopic (exact) mass is 218 g/mol. The fourth-order valence-electron chi connectivity index (χ4n) is 1.81. The molecule has 86 valence electrons. The first kappa shape index (κ1) is 12.7. The molecule has 0 fully saturated rings. The molecule has 1 aliphatic rings. The van der Waals surface area contributed by atoms with Crippen LogP contribution in [0.2, 0.25) is 0 Å². The van der Waals surface area contributed by atoms with Crippen molar-refractivity contribution in [3.05, 3.63) is 60.0 Å². The van der Waals surface area contributed by atoms with Crippen molar-refractivity contribution in [2.75, 3.05) is 0 Å². The molecular weight excluding hydrogens is 199 g/mol. The quantitative estimate of drug-likeness (QED) is 0.568. The van der Waals surface area contributed by atoms with Crippen LogP contribution in [-0.2, 0) is 0 Å². The number of halogens is 1. The third-order valence-electron chi connectivity index (χ3n) is 2.68. The molecule has 16 heavy (non-hydrogen) atoms. The predicted octanol–water partition coefficient (Wildman–Crippen LogP) is 5.03. The lowest BCUT2D eigenvalue weighted by Gasteiger charge is -2.12. The molecule has 0 N–H and O–H groups in total. The Kier molecular flexibility index (Phi) is 4.97. The van der Waals surface area contributed by atoms with Gasteiger partial charge in [0.2, 0.25) is 0 Å². The van der Waals surface area contributed by atoms with E-state index in [-0.39, 0.29) is 5.83 Å². The third-order valence-corrected chi connectivity index (χ3v) is 2.68. The van der Waals surface area contributed by atoms with Gasteiger partial charge in [-0.1, -0.05) is 37.8 Å². The Morgan fingerprint density at radius 3 is 2.94 bits per heavy atom. The van der Waals surface area contributed by atoms with Gasteiger partial charge >= 0.3 is 0 Å². The third kappa shape index (κ3) is 4.01. The summed E-state index contributed by atoms with van der Waals surface area (Å²) >= 11 is 0. The van der Waals surface area contributed by atoms with Gasteiger partial charge in [0, 0.05) is 0 Å². The zero-order chi connectivity index (χ0) is 12.0. The Labute approximate surface area is 97.6 Å². The van der Waals surface area contributed by atoms with Gasteiger partial charge in [-0.15, -0.1) is 0 Å². The van der Waals surface area contributed by atoms with Crippen LogP contribution in [0.25, 0.3) is 0 Å². The smallest absolute Gasteiger partial charge is 0.122 e. The van der Waals surface area contributed by atoms with Crippen LogP contribution in [0.3, 0.4) is 0 Å². The molecule has 0 aromatic carbocycles. The topological polar surface area (TPSA) is 0 Å². The minimum absolute atomic E-state index is 0.318. The Balaban J connectivity index is 2.62. The molecule has 0 saturated heterocycles. The average molecular weight is 218 g/mol. The highest BCUT2D eigenvalue weighted by atomic mass is 19.1. The van der Waals surface area contributed by atoms with Crippen molar-refractivity contribution in [1.29, 1.82) is 0 Å². The highest BCUT2D eigenvalue weighted by Gasteiger charge is 2.04. The van der Waals surface area contributed by atoms with E-state index in [1.807, 2.05) is 0 Å². The van der Waals surface area contributed by atoms with Crippen LogP contribution in [0, 0.1) is 0 Å². The summed E-state index contributed by atoms with van der Waals surface area (Å²) in [6.07, 6.45) is 11.2. The Morgan fingerprint density at radius 2 is 2.31 bits per heavy atom. The molecule has 0 unspecified atom stereocenters. The van der Waals surface area contributed by atoms with Gasteiger partial charge in [0.1, 0.15) is 5.83 Å². The number of rotatable bonds is 5. The molecule has 0 spiro atoms. The molecule has 0 aliphatic heterocycles. The van der Waals surface area contributed by atoms with Crippen molar-refractivity contribution in [2.24, 2.45) is 0 Å². The molecule has 0 radical (unpaired) electrons. The standard InChI is InChI=1S/C15H19F/c1-4-13-7-6-8-14(11-13)9-12(3)10-15(16)5-2/h5,8,10-11H,2-4,6-7,9H2,1H3/b15-10+. The van der Waals surface area contributed by atoms with Crippen molar-refractivity contribution < 1.29 is 4.39 Å². The number of hydrogen-bond acceptors (Lipinski definition) is 0. The SMILES string of the molecule is C=C/C(F)=C\C(=C)CC1=CCCC(CC)=C1. The second-order valence-electron chi connectivity index (χ2n) is 4.04. The Bertz CT molecular complexity index is 367. The minimum atomic E-state index is -0.318. The lowest BCUT2D eigenvalue weighted by Crippen LogP contribution is -1.92. The maximum atomic E-state index is 12.9.